The van der Waals surface area contributed by atoms with Crippen LogP contribution in [0.2, 0.25) is 0 Å². The first-order chi connectivity index (χ1) is 11.1. The minimum absolute atomic E-state index is 0.253. The number of nitriles is 1. The van der Waals surface area contributed by atoms with E-state index in [-0.39, 0.29) is 22.7 Å². The summed E-state index contributed by atoms with van der Waals surface area (Å²) in [4.78, 5) is 0. The van der Waals surface area contributed by atoms with Crippen LogP contribution >= 0.6 is 0 Å². The van der Waals surface area contributed by atoms with Crippen LogP contribution in [-0.4, -0.2) is 33.8 Å². The molecule has 0 bridgehead atoms. The molecule has 6 nitrogen and oxygen atoms in total. The fraction of sp³-hybridized carbons (Fsp3) is 0.706. The SMILES string of the molecule is CC(=N)[C@H]1C[C@@](CC#N)(n2cc(B3OC(C)(C)C(C)(C)O3)cn2)C1. The molecule has 0 spiro atoms. The molecule has 128 valence electrons. The molecule has 1 aliphatic carbocycles. The number of hydrogen-bond acceptors (Lipinski definition) is 5. The third-order valence-corrected chi connectivity index (χ3v) is 5.89. The molecule has 1 saturated heterocycles. The van der Waals surface area contributed by atoms with Crippen LogP contribution in [0.25, 0.3) is 0 Å². The molecule has 0 amide bonds. The average molecular weight is 328 g/mol. The third-order valence-electron chi connectivity index (χ3n) is 5.89. The van der Waals surface area contributed by atoms with Crippen molar-refractivity contribution in [2.24, 2.45) is 5.92 Å². The van der Waals surface area contributed by atoms with Crippen LogP contribution in [0.15, 0.2) is 12.4 Å². The fourth-order valence-corrected chi connectivity index (χ4v) is 3.42. The van der Waals surface area contributed by atoms with Gasteiger partial charge in [0.2, 0.25) is 0 Å². The van der Waals surface area contributed by atoms with Gasteiger partial charge in [-0.3, -0.25) is 4.68 Å². The van der Waals surface area contributed by atoms with Gasteiger partial charge < -0.3 is 14.7 Å². The first-order valence-electron chi connectivity index (χ1n) is 8.43. The Balaban J connectivity index is 1.81. The van der Waals surface area contributed by atoms with Crippen molar-refractivity contribution in [1.29, 1.82) is 10.7 Å². The summed E-state index contributed by atoms with van der Waals surface area (Å²) in [5, 5.41) is 21.5. The van der Waals surface area contributed by atoms with E-state index in [0.717, 1.165) is 18.3 Å². The van der Waals surface area contributed by atoms with Crippen molar-refractivity contribution in [1.82, 2.24) is 9.78 Å². The molecule has 24 heavy (non-hydrogen) atoms. The van der Waals surface area contributed by atoms with Gasteiger partial charge in [-0.15, -0.1) is 0 Å². The average Bonchev–Trinajstić information content (AvgIpc) is 2.97. The lowest BCUT2D eigenvalue weighted by Gasteiger charge is -2.46. The van der Waals surface area contributed by atoms with E-state index in [9.17, 15) is 5.26 Å². The predicted molar refractivity (Wildman–Crippen MR) is 92.3 cm³/mol. The van der Waals surface area contributed by atoms with E-state index >= 15 is 0 Å². The van der Waals surface area contributed by atoms with E-state index in [1.165, 1.54) is 0 Å². The quantitative estimate of drug-likeness (QED) is 0.679. The maximum atomic E-state index is 9.21. The molecule has 1 aromatic rings. The van der Waals surface area contributed by atoms with Crippen LogP contribution in [-0.2, 0) is 14.8 Å². The highest BCUT2D eigenvalue weighted by molar-refractivity contribution is 6.62. The monoisotopic (exact) mass is 328 g/mol. The van der Waals surface area contributed by atoms with Crippen molar-refractivity contribution in [3.8, 4) is 6.07 Å². The number of hydrogen-bond donors (Lipinski definition) is 1. The van der Waals surface area contributed by atoms with Gasteiger partial charge in [-0.25, -0.2) is 0 Å². The summed E-state index contributed by atoms with van der Waals surface area (Å²) in [7, 11) is -0.441. The molecule has 0 unspecified atom stereocenters. The van der Waals surface area contributed by atoms with E-state index in [2.05, 4.69) is 11.2 Å². The molecule has 2 fully saturated rings. The number of rotatable bonds is 4. The zero-order valence-corrected chi connectivity index (χ0v) is 15.1. The van der Waals surface area contributed by atoms with Crippen molar-refractivity contribution >= 4 is 18.3 Å². The molecule has 3 rings (SSSR count). The first kappa shape index (κ1) is 17.2. The maximum absolute atomic E-state index is 9.21. The van der Waals surface area contributed by atoms with Crippen molar-refractivity contribution in [2.45, 2.75) is 70.6 Å². The van der Waals surface area contributed by atoms with Crippen LogP contribution < -0.4 is 5.46 Å². The number of nitrogens with one attached hydrogen (secondary N) is 1. The Morgan fingerprint density at radius 3 is 2.46 bits per heavy atom. The second kappa shape index (κ2) is 5.43. The Morgan fingerprint density at radius 2 is 1.96 bits per heavy atom. The van der Waals surface area contributed by atoms with Crippen LogP contribution in [0, 0.1) is 22.7 Å². The van der Waals surface area contributed by atoms with E-state index < -0.39 is 7.12 Å². The Bertz CT molecular complexity index is 682. The van der Waals surface area contributed by atoms with Crippen LogP contribution in [0.1, 0.15) is 53.9 Å². The summed E-state index contributed by atoms with van der Waals surface area (Å²) in [5.74, 6) is 0.253. The molecule has 7 heteroatoms. The molecule has 1 N–H and O–H groups in total. The minimum Gasteiger partial charge on any atom is -0.399 e. The number of aromatic nitrogens is 2. The Hall–Kier alpha value is -1.65. The van der Waals surface area contributed by atoms with E-state index in [1.54, 1.807) is 6.20 Å². The predicted octanol–water partition coefficient (Wildman–Crippen LogP) is 2.24. The zero-order chi connectivity index (χ0) is 17.8. The number of nitrogens with zero attached hydrogens (tertiary/aromatic N) is 3. The summed E-state index contributed by atoms with van der Waals surface area (Å²) >= 11 is 0. The van der Waals surface area contributed by atoms with Crippen molar-refractivity contribution in [3.05, 3.63) is 12.4 Å². The van der Waals surface area contributed by atoms with E-state index in [4.69, 9.17) is 14.7 Å². The van der Waals surface area contributed by atoms with Gasteiger partial charge in [0.05, 0.1) is 29.2 Å². The van der Waals surface area contributed by atoms with Gasteiger partial charge in [0.25, 0.3) is 0 Å². The lowest BCUT2D eigenvalue weighted by atomic mass is 9.65. The lowest BCUT2D eigenvalue weighted by Crippen LogP contribution is -2.49. The summed E-state index contributed by atoms with van der Waals surface area (Å²) in [6, 6.07) is 2.28. The normalized spacial score (nSPS) is 30.7. The Labute approximate surface area is 143 Å². The van der Waals surface area contributed by atoms with Crippen molar-refractivity contribution in [2.75, 3.05) is 0 Å². The zero-order valence-electron chi connectivity index (χ0n) is 15.1. The summed E-state index contributed by atoms with van der Waals surface area (Å²) in [6.45, 7) is 9.94. The molecule has 0 atom stereocenters. The molecule has 1 saturated carbocycles. The summed E-state index contributed by atoms with van der Waals surface area (Å²) < 4.78 is 14.0. The highest BCUT2D eigenvalue weighted by Crippen LogP contribution is 2.46. The maximum Gasteiger partial charge on any atom is 0.498 e. The summed E-state index contributed by atoms with van der Waals surface area (Å²) in [6.07, 6.45) is 5.70. The van der Waals surface area contributed by atoms with Gasteiger partial charge in [-0.1, -0.05) is 0 Å². The molecular formula is C17H25BN4O2. The highest BCUT2D eigenvalue weighted by atomic mass is 16.7. The largest absolute Gasteiger partial charge is 0.498 e. The Kier molecular flexibility index (Phi) is 3.89. The topological polar surface area (TPSA) is 83.9 Å². The molecule has 0 radical (unpaired) electrons. The lowest BCUT2D eigenvalue weighted by molar-refractivity contribution is 0.00578. The van der Waals surface area contributed by atoms with Gasteiger partial charge in [0, 0.05) is 29.5 Å². The highest BCUT2D eigenvalue weighted by Gasteiger charge is 2.53. The van der Waals surface area contributed by atoms with Gasteiger partial charge in [0.1, 0.15) is 0 Å². The van der Waals surface area contributed by atoms with Crippen LogP contribution in [0.3, 0.4) is 0 Å². The molecule has 2 aliphatic rings. The van der Waals surface area contributed by atoms with Crippen LogP contribution in [0.4, 0.5) is 0 Å². The summed E-state index contributed by atoms with van der Waals surface area (Å²) in [5.41, 5.74) is 0.484. The fourth-order valence-electron chi connectivity index (χ4n) is 3.42. The van der Waals surface area contributed by atoms with Gasteiger partial charge in [0.15, 0.2) is 0 Å². The second-order valence-electron chi connectivity index (χ2n) is 8.15. The van der Waals surface area contributed by atoms with E-state index in [0.29, 0.717) is 12.1 Å². The van der Waals surface area contributed by atoms with Crippen molar-refractivity contribution < 1.29 is 9.31 Å². The molecular weight excluding hydrogens is 303 g/mol. The van der Waals surface area contributed by atoms with Crippen LogP contribution in [0.5, 0.6) is 0 Å². The second-order valence-corrected chi connectivity index (χ2v) is 8.15. The standard InChI is InChI=1S/C17H25BN4O2/c1-12(20)13-8-17(9-13,6-7-19)22-11-14(10-21-22)18-23-15(2,3)16(4,5)24-18/h10-11,13,20H,6,8-9H2,1-5H3/t13-,17+. The Morgan fingerprint density at radius 1 is 1.38 bits per heavy atom. The smallest absolute Gasteiger partial charge is 0.399 e. The molecule has 0 aromatic carbocycles. The van der Waals surface area contributed by atoms with E-state index in [1.807, 2.05) is 45.5 Å². The first-order valence-corrected chi connectivity index (χ1v) is 8.43. The molecule has 1 aliphatic heterocycles. The van der Waals surface area contributed by atoms with Crippen molar-refractivity contribution in [3.63, 3.8) is 0 Å². The van der Waals surface area contributed by atoms with Gasteiger partial charge in [-0.05, 0) is 47.5 Å². The van der Waals surface area contributed by atoms with Gasteiger partial charge in [-0.2, -0.15) is 10.4 Å². The van der Waals surface area contributed by atoms with Gasteiger partial charge >= 0.3 is 7.12 Å². The molecule has 2 heterocycles. The minimum atomic E-state index is -0.441. The third kappa shape index (κ3) is 2.58. The molecule has 1 aromatic heterocycles.